The number of imidazole rings is 1. The Bertz CT molecular complexity index is 1270. The van der Waals surface area contributed by atoms with E-state index in [0.29, 0.717) is 16.7 Å². The van der Waals surface area contributed by atoms with Gasteiger partial charge < -0.3 is 9.51 Å². The fourth-order valence-electron chi connectivity index (χ4n) is 3.05. The van der Waals surface area contributed by atoms with Crippen molar-refractivity contribution in [3.63, 3.8) is 0 Å². The van der Waals surface area contributed by atoms with Crippen LogP contribution in [0.4, 0.5) is 0 Å². The van der Waals surface area contributed by atoms with Crippen LogP contribution in [-0.4, -0.2) is 20.1 Å². The molecule has 0 amide bonds. The molecule has 28 heavy (non-hydrogen) atoms. The van der Waals surface area contributed by atoms with Gasteiger partial charge in [-0.25, -0.2) is 4.98 Å². The number of rotatable bonds is 3. The molecule has 0 aliphatic heterocycles. The Labute approximate surface area is 166 Å². The Morgan fingerprint density at radius 2 is 1.54 bits per heavy atom. The van der Waals surface area contributed by atoms with Gasteiger partial charge in [-0.3, -0.25) is 0 Å². The van der Waals surface area contributed by atoms with E-state index in [2.05, 4.69) is 20.1 Å². The fourth-order valence-corrected chi connectivity index (χ4v) is 3.21. The van der Waals surface area contributed by atoms with E-state index in [9.17, 15) is 0 Å². The summed E-state index contributed by atoms with van der Waals surface area (Å²) in [4.78, 5) is 12.4. The number of nitrogens with zero attached hydrogens (tertiary/aromatic N) is 3. The second-order valence-corrected chi connectivity index (χ2v) is 7.05. The summed E-state index contributed by atoms with van der Waals surface area (Å²) in [6.45, 7) is 2.04. The Morgan fingerprint density at radius 3 is 2.32 bits per heavy atom. The summed E-state index contributed by atoms with van der Waals surface area (Å²) in [7, 11) is 0. The molecule has 0 bridgehead atoms. The van der Waals surface area contributed by atoms with Crippen LogP contribution in [0, 0.1) is 6.92 Å². The minimum atomic E-state index is 0.508. The number of aromatic amines is 1. The van der Waals surface area contributed by atoms with Gasteiger partial charge in [-0.05, 0) is 37.3 Å². The predicted molar refractivity (Wildman–Crippen MR) is 110 cm³/mol. The number of aryl methyl sites for hydroxylation is 1. The number of aromatic nitrogens is 4. The molecular formula is C22H15ClN4O. The van der Waals surface area contributed by atoms with Crippen molar-refractivity contribution in [1.82, 2.24) is 20.1 Å². The number of nitrogens with one attached hydrogen (secondary N) is 1. The highest BCUT2D eigenvalue weighted by atomic mass is 35.5. The minimum Gasteiger partial charge on any atom is -0.338 e. The van der Waals surface area contributed by atoms with Gasteiger partial charge in [-0.1, -0.05) is 58.7 Å². The number of fused-ring (bicyclic) bond motifs is 1. The summed E-state index contributed by atoms with van der Waals surface area (Å²) >= 11 is 6.04. The van der Waals surface area contributed by atoms with Crippen molar-refractivity contribution in [3.05, 3.63) is 77.3 Å². The maximum Gasteiger partial charge on any atom is 0.258 e. The molecule has 0 saturated carbocycles. The average Bonchev–Trinajstić information content (AvgIpc) is 3.36. The van der Waals surface area contributed by atoms with E-state index in [1.165, 1.54) is 5.56 Å². The lowest BCUT2D eigenvalue weighted by Gasteiger charge is -1.98. The van der Waals surface area contributed by atoms with E-state index in [1.807, 2.05) is 73.7 Å². The summed E-state index contributed by atoms with van der Waals surface area (Å²) in [6, 6.07) is 21.5. The molecule has 136 valence electrons. The number of halogens is 1. The van der Waals surface area contributed by atoms with E-state index in [1.54, 1.807) is 0 Å². The second-order valence-electron chi connectivity index (χ2n) is 6.61. The lowest BCUT2D eigenvalue weighted by molar-refractivity contribution is 0.432. The van der Waals surface area contributed by atoms with Crippen molar-refractivity contribution in [1.29, 1.82) is 0 Å². The largest absolute Gasteiger partial charge is 0.338 e. The molecule has 0 saturated heterocycles. The van der Waals surface area contributed by atoms with E-state index in [4.69, 9.17) is 16.1 Å². The van der Waals surface area contributed by atoms with Crippen LogP contribution in [0.3, 0.4) is 0 Å². The molecule has 3 aromatic carbocycles. The van der Waals surface area contributed by atoms with E-state index >= 15 is 0 Å². The van der Waals surface area contributed by atoms with E-state index < -0.39 is 0 Å². The van der Waals surface area contributed by atoms with Gasteiger partial charge in [0, 0.05) is 21.7 Å². The van der Waals surface area contributed by atoms with Gasteiger partial charge in [0.25, 0.3) is 5.89 Å². The first kappa shape index (κ1) is 16.7. The maximum atomic E-state index is 6.04. The highest BCUT2D eigenvalue weighted by Gasteiger charge is 2.11. The maximum absolute atomic E-state index is 6.04. The van der Waals surface area contributed by atoms with Crippen LogP contribution in [0.15, 0.2) is 71.3 Å². The predicted octanol–water partition coefficient (Wildman–Crippen LogP) is 5.91. The minimum absolute atomic E-state index is 0.508. The quantitative estimate of drug-likeness (QED) is 0.418. The SMILES string of the molecule is Cc1ccc(-c2nc(-c3ccc(-c4nc5cc(Cl)ccc5[nH]4)cc3)no2)cc1. The third-order valence-electron chi connectivity index (χ3n) is 4.59. The molecule has 2 aromatic heterocycles. The van der Waals surface area contributed by atoms with Crippen LogP contribution < -0.4 is 0 Å². The van der Waals surface area contributed by atoms with E-state index in [0.717, 1.165) is 33.5 Å². The van der Waals surface area contributed by atoms with Crippen LogP contribution in [0.2, 0.25) is 5.02 Å². The molecule has 5 nitrogen and oxygen atoms in total. The Morgan fingerprint density at radius 1 is 0.821 bits per heavy atom. The zero-order chi connectivity index (χ0) is 19.1. The van der Waals surface area contributed by atoms with Gasteiger partial charge in [0.2, 0.25) is 5.82 Å². The van der Waals surface area contributed by atoms with Gasteiger partial charge in [0.15, 0.2) is 0 Å². The first-order valence-electron chi connectivity index (χ1n) is 8.82. The van der Waals surface area contributed by atoms with Gasteiger partial charge >= 0.3 is 0 Å². The van der Waals surface area contributed by atoms with Crippen LogP contribution in [0.5, 0.6) is 0 Å². The van der Waals surface area contributed by atoms with E-state index in [-0.39, 0.29) is 0 Å². The monoisotopic (exact) mass is 386 g/mol. The zero-order valence-electron chi connectivity index (χ0n) is 15.0. The molecule has 0 aliphatic carbocycles. The van der Waals surface area contributed by atoms with Crippen molar-refractivity contribution < 1.29 is 4.52 Å². The van der Waals surface area contributed by atoms with Gasteiger partial charge in [0.1, 0.15) is 5.82 Å². The molecule has 0 atom stereocenters. The first-order valence-corrected chi connectivity index (χ1v) is 9.20. The van der Waals surface area contributed by atoms with Crippen LogP contribution in [0.25, 0.3) is 45.3 Å². The summed E-state index contributed by atoms with van der Waals surface area (Å²) in [5.41, 5.74) is 5.73. The molecule has 5 aromatic rings. The fraction of sp³-hybridized carbons (Fsp3) is 0.0455. The summed E-state index contributed by atoms with van der Waals surface area (Å²) in [6.07, 6.45) is 0. The summed E-state index contributed by atoms with van der Waals surface area (Å²) < 4.78 is 5.42. The summed E-state index contributed by atoms with van der Waals surface area (Å²) in [5.74, 6) is 1.85. The Balaban J connectivity index is 1.44. The average molecular weight is 387 g/mol. The van der Waals surface area contributed by atoms with Crippen molar-refractivity contribution >= 4 is 22.6 Å². The van der Waals surface area contributed by atoms with Crippen LogP contribution in [0.1, 0.15) is 5.56 Å². The lowest BCUT2D eigenvalue weighted by atomic mass is 10.1. The van der Waals surface area contributed by atoms with Gasteiger partial charge in [-0.15, -0.1) is 0 Å². The molecule has 0 aliphatic rings. The number of hydrogen-bond donors (Lipinski definition) is 1. The zero-order valence-corrected chi connectivity index (χ0v) is 15.7. The molecular weight excluding hydrogens is 372 g/mol. The normalized spacial score (nSPS) is 11.2. The van der Waals surface area contributed by atoms with Crippen LogP contribution in [-0.2, 0) is 0 Å². The lowest BCUT2D eigenvalue weighted by Crippen LogP contribution is -1.84. The molecule has 1 N–H and O–H groups in total. The van der Waals surface area contributed by atoms with Gasteiger partial charge in [-0.2, -0.15) is 4.98 Å². The van der Waals surface area contributed by atoms with Crippen molar-refractivity contribution in [2.75, 3.05) is 0 Å². The topological polar surface area (TPSA) is 67.6 Å². The molecule has 6 heteroatoms. The molecule has 5 rings (SSSR count). The smallest absolute Gasteiger partial charge is 0.258 e. The molecule has 0 spiro atoms. The number of H-pyrrole nitrogens is 1. The Kier molecular flexibility index (Phi) is 3.95. The van der Waals surface area contributed by atoms with Crippen molar-refractivity contribution in [3.8, 4) is 34.2 Å². The number of hydrogen-bond acceptors (Lipinski definition) is 4. The molecule has 0 unspecified atom stereocenters. The highest BCUT2D eigenvalue weighted by Crippen LogP contribution is 2.26. The molecule has 2 heterocycles. The molecule has 0 fully saturated rings. The number of benzene rings is 3. The molecule has 0 radical (unpaired) electrons. The summed E-state index contributed by atoms with van der Waals surface area (Å²) in [5, 5.41) is 4.78. The Hall–Kier alpha value is -3.44. The second kappa shape index (κ2) is 6.62. The highest BCUT2D eigenvalue weighted by molar-refractivity contribution is 6.31. The first-order chi connectivity index (χ1) is 13.7. The van der Waals surface area contributed by atoms with Crippen molar-refractivity contribution in [2.45, 2.75) is 6.92 Å². The van der Waals surface area contributed by atoms with Gasteiger partial charge in [0.05, 0.1) is 11.0 Å². The van der Waals surface area contributed by atoms with Crippen LogP contribution >= 0.6 is 11.6 Å². The third kappa shape index (κ3) is 3.06. The third-order valence-corrected chi connectivity index (χ3v) is 4.82. The standard InChI is InChI=1S/C22H15ClN4O/c1-13-2-4-16(5-3-13)22-26-21(27-28-22)15-8-6-14(7-9-15)20-24-18-11-10-17(23)12-19(18)25-20/h2-12H,1H3,(H,24,25). The van der Waals surface area contributed by atoms with Crippen molar-refractivity contribution in [2.24, 2.45) is 0 Å².